The number of thiophene rings is 1. The Morgan fingerprint density at radius 3 is 2.70 bits per heavy atom. The quantitative estimate of drug-likeness (QED) is 0.645. The molecule has 9 heteroatoms. The standard InChI is InChI=1S/C21H25FN2O4S2/c22-19-8-7-16(13-20(19)30(26,27)24-9-1-2-10-24)21(25)23(14-17-5-3-11-28-17)15-18-6-4-12-29-18/h4,6-8,12-13,17H,1-3,5,9-11,14-15H2. The molecule has 1 unspecified atom stereocenters. The number of benzene rings is 1. The number of nitrogens with zero attached hydrogens (tertiary/aromatic N) is 2. The van der Waals surface area contributed by atoms with Gasteiger partial charge in [-0.05, 0) is 55.3 Å². The SMILES string of the molecule is O=C(c1ccc(F)c(S(=O)(=O)N2CCCC2)c1)N(Cc1cccs1)CC1CCCO1. The first-order chi connectivity index (χ1) is 14.4. The van der Waals surface area contributed by atoms with Crippen molar-refractivity contribution < 1.29 is 22.3 Å². The van der Waals surface area contributed by atoms with Crippen LogP contribution in [0.25, 0.3) is 0 Å². The number of sulfonamides is 1. The molecular weight excluding hydrogens is 427 g/mol. The zero-order chi connectivity index (χ0) is 21.1. The molecule has 2 saturated heterocycles. The molecule has 3 heterocycles. The number of hydrogen-bond acceptors (Lipinski definition) is 5. The van der Waals surface area contributed by atoms with Crippen molar-refractivity contribution >= 4 is 27.3 Å². The van der Waals surface area contributed by atoms with Gasteiger partial charge in [-0.25, -0.2) is 12.8 Å². The minimum Gasteiger partial charge on any atom is -0.376 e. The van der Waals surface area contributed by atoms with Crippen LogP contribution < -0.4 is 0 Å². The number of carbonyl (C=O) groups is 1. The van der Waals surface area contributed by atoms with Crippen molar-refractivity contribution in [1.29, 1.82) is 0 Å². The van der Waals surface area contributed by atoms with Crippen molar-refractivity contribution in [3.8, 4) is 0 Å². The van der Waals surface area contributed by atoms with E-state index in [0.717, 1.165) is 36.6 Å². The summed E-state index contributed by atoms with van der Waals surface area (Å²) in [4.78, 5) is 15.6. The zero-order valence-electron chi connectivity index (χ0n) is 16.6. The number of hydrogen-bond donors (Lipinski definition) is 0. The minimum absolute atomic E-state index is 0.0397. The highest BCUT2D eigenvalue weighted by atomic mass is 32.2. The molecule has 2 aliphatic heterocycles. The molecular formula is C21H25FN2O4S2. The third-order valence-corrected chi connectivity index (χ3v) is 8.30. The van der Waals surface area contributed by atoms with E-state index in [1.165, 1.54) is 16.4 Å². The molecule has 4 rings (SSSR count). The van der Waals surface area contributed by atoms with Crippen LogP contribution in [0, 0.1) is 5.82 Å². The second-order valence-electron chi connectivity index (χ2n) is 7.66. The van der Waals surface area contributed by atoms with Gasteiger partial charge in [-0.1, -0.05) is 6.07 Å². The van der Waals surface area contributed by atoms with Crippen LogP contribution in [0.4, 0.5) is 4.39 Å². The summed E-state index contributed by atoms with van der Waals surface area (Å²) in [6.45, 7) is 2.26. The van der Waals surface area contributed by atoms with E-state index in [1.807, 2.05) is 17.5 Å². The van der Waals surface area contributed by atoms with Crippen LogP contribution in [-0.2, 0) is 21.3 Å². The molecule has 0 spiro atoms. The molecule has 1 amide bonds. The van der Waals surface area contributed by atoms with Gasteiger partial charge in [0.1, 0.15) is 10.7 Å². The van der Waals surface area contributed by atoms with Crippen LogP contribution in [0.5, 0.6) is 0 Å². The van der Waals surface area contributed by atoms with Crippen molar-refractivity contribution in [2.75, 3.05) is 26.2 Å². The molecule has 0 bridgehead atoms. The minimum atomic E-state index is -3.96. The molecule has 0 saturated carbocycles. The summed E-state index contributed by atoms with van der Waals surface area (Å²) in [7, 11) is -3.96. The van der Waals surface area contributed by atoms with E-state index < -0.39 is 20.7 Å². The van der Waals surface area contributed by atoms with E-state index >= 15 is 0 Å². The first kappa shape index (κ1) is 21.4. The lowest BCUT2D eigenvalue weighted by Crippen LogP contribution is -2.37. The Bertz CT molecular complexity index is 982. The summed E-state index contributed by atoms with van der Waals surface area (Å²) >= 11 is 1.55. The lowest BCUT2D eigenvalue weighted by molar-refractivity contribution is 0.0509. The molecule has 1 atom stereocenters. The predicted octanol–water partition coefficient (Wildman–Crippen LogP) is 3.49. The molecule has 2 aromatic rings. The molecule has 2 aliphatic rings. The third-order valence-electron chi connectivity index (χ3n) is 5.52. The number of rotatable bonds is 7. The van der Waals surface area contributed by atoms with Crippen LogP contribution in [0.2, 0.25) is 0 Å². The van der Waals surface area contributed by atoms with Gasteiger partial charge in [-0.2, -0.15) is 4.31 Å². The molecule has 0 N–H and O–H groups in total. The Morgan fingerprint density at radius 1 is 1.23 bits per heavy atom. The van der Waals surface area contributed by atoms with E-state index in [1.54, 1.807) is 16.2 Å². The van der Waals surface area contributed by atoms with Crippen LogP contribution >= 0.6 is 11.3 Å². The Morgan fingerprint density at radius 2 is 2.03 bits per heavy atom. The van der Waals surface area contributed by atoms with Gasteiger partial charge in [0.15, 0.2) is 0 Å². The Balaban J connectivity index is 1.62. The normalized spacial score (nSPS) is 20.0. The fraction of sp³-hybridized carbons (Fsp3) is 0.476. The summed E-state index contributed by atoms with van der Waals surface area (Å²) < 4.78 is 47.2. The summed E-state index contributed by atoms with van der Waals surface area (Å²) in [6, 6.07) is 7.49. The van der Waals surface area contributed by atoms with Crippen molar-refractivity contribution in [3.63, 3.8) is 0 Å². The first-order valence-corrected chi connectivity index (χ1v) is 12.5. The van der Waals surface area contributed by atoms with Gasteiger partial charge >= 0.3 is 0 Å². The number of halogens is 1. The van der Waals surface area contributed by atoms with Gasteiger partial charge in [-0.3, -0.25) is 4.79 Å². The molecule has 1 aromatic heterocycles. The highest BCUT2D eigenvalue weighted by Crippen LogP contribution is 2.26. The lowest BCUT2D eigenvalue weighted by atomic mass is 10.1. The van der Waals surface area contributed by atoms with Gasteiger partial charge in [0, 0.05) is 36.7 Å². The smallest absolute Gasteiger partial charge is 0.254 e. The number of amides is 1. The van der Waals surface area contributed by atoms with Crippen molar-refractivity contribution in [2.45, 2.75) is 43.2 Å². The van der Waals surface area contributed by atoms with E-state index in [2.05, 4.69) is 0 Å². The molecule has 30 heavy (non-hydrogen) atoms. The topological polar surface area (TPSA) is 66.9 Å². The fourth-order valence-corrected chi connectivity index (χ4v) is 6.26. The number of ether oxygens (including phenoxy) is 1. The largest absolute Gasteiger partial charge is 0.376 e. The summed E-state index contributed by atoms with van der Waals surface area (Å²) in [5.41, 5.74) is 0.170. The van der Waals surface area contributed by atoms with Crippen LogP contribution in [0.1, 0.15) is 40.9 Å². The maximum Gasteiger partial charge on any atom is 0.254 e. The highest BCUT2D eigenvalue weighted by molar-refractivity contribution is 7.89. The van der Waals surface area contributed by atoms with Gasteiger partial charge < -0.3 is 9.64 Å². The van der Waals surface area contributed by atoms with Crippen molar-refractivity contribution in [2.24, 2.45) is 0 Å². The van der Waals surface area contributed by atoms with E-state index in [4.69, 9.17) is 4.74 Å². The molecule has 6 nitrogen and oxygen atoms in total. The molecule has 1 aromatic carbocycles. The fourth-order valence-electron chi connectivity index (χ4n) is 3.93. The Kier molecular flexibility index (Phi) is 6.52. The molecule has 162 valence electrons. The Hall–Kier alpha value is -1.81. The lowest BCUT2D eigenvalue weighted by Gasteiger charge is -2.25. The average molecular weight is 453 g/mol. The third kappa shape index (κ3) is 4.59. The van der Waals surface area contributed by atoms with Crippen molar-refractivity contribution in [3.05, 3.63) is 52.0 Å². The predicted molar refractivity (Wildman–Crippen MR) is 112 cm³/mol. The molecule has 2 fully saturated rings. The van der Waals surface area contributed by atoms with E-state index in [0.29, 0.717) is 32.8 Å². The second kappa shape index (κ2) is 9.13. The molecule has 0 aliphatic carbocycles. The summed E-state index contributed by atoms with van der Waals surface area (Å²) in [5, 5.41) is 1.95. The van der Waals surface area contributed by atoms with E-state index in [9.17, 15) is 17.6 Å². The monoisotopic (exact) mass is 452 g/mol. The average Bonchev–Trinajstić information content (AvgIpc) is 3.50. The van der Waals surface area contributed by atoms with Crippen LogP contribution in [0.15, 0.2) is 40.6 Å². The highest BCUT2D eigenvalue weighted by Gasteiger charge is 2.31. The van der Waals surface area contributed by atoms with Gasteiger partial charge in [-0.15, -0.1) is 11.3 Å². The number of carbonyl (C=O) groups excluding carboxylic acids is 1. The van der Waals surface area contributed by atoms with Crippen LogP contribution in [-0.4, -0.2) is 55.9 Å². The Labute approximate surface area is 180 Å². The van der Waals surface area contributed by atoms with Crippen molar-refractivity contribution in [1.82, 2.24) is 9.21 Å². The maximum atomic E-state index is 14.5. The second-order valence-corrected chi connectivity index (χ2v) is 10.6. The zero-order valence-corrected chi connectivity index (χ0v) is 18.3. The molecule has 0 radical (unpaired) electrons. The van der Waals surface area contributed by atoms with Gasteiger partial charge in [0.05, 0.1) is 12.6 Å². The first-order valence-electron chi connectivity index (χ1n) is 10.2. The summed E-state index contributed by atoms with van der Waals surface area (Å²) in [5.74, 6) is -1.15. The summed E-state index contributed by atoms with van der Waals surface area (Å²) in [6.07, 6.45) is 3.32. The van der Waals surface area contributed by atoms with Gasteiger partial charge in [0.2, 0.25) is 10.0 Å². The van der Waals surface area contributed by atoms with Crippen LogP contribution in [0.3, 0.4) is 0 Å². The van der Waals surface area contributed by atoms with E-state index in [-0.39, 0.29) is 17.6 Å². The van der Waals surface area contributed by atoms with Gasteiger partial charge in [0.25, 0.3) is 5.91 Å². The maximum absolute atomic E-state index is 14.5.